The Morgan fingerprint density at radius 1 is 1.03 bits per heavy atom. The highest BCUT2D eigenvalue weighted by Gasteiger charge is 2.39. The molecule has 0 spiro atoms. The molecule has 158 valence electrons. The van der Waals surface area contributed by atoms with E-state index in [1.54, 1.807) is 29.2 Å². The first-order valence-electron chi connectivity index (χ1n) is 10.1. The zero-order chi connectivity index (χ0) is 22.1. The Morgan fingerprint density at radius 2 is 1.81 bits per heavy atom. The van der Waals surface area contributed by atoms with Gasteiger partial charge in [0.05, 0.1) is 17.9 Å². The predicted molar refractivity (Wildman–Crippen MR) is 124 cm³/mol. The molecule has 1 N–H and O–H groups in total. The van der Waals surface area contributed by atoms with Crippen LogP contribution in [0.3, 0.4) is 0 Å². The van der Waals surface area contributed by atoms with Crippen LogP contribution in [0.1, 0.15) is 18.5 Å². The van der Waals surface area contributed by atoms with Crippen molar-refractivity contribution in [3.8, 4) is 11.4 Å². The molecule has 0 radical (unpaired) electrons. The number of nitrogens with one attached hydrogen (secondary N) is 1. The maximum Gasteiger partial charge on any atom is 0.248 e. The topological polar surface area (TPSA) is 85.1 Å². The smallest absolute Gasteiger partial charge is 0.248 e. The number of anilines is 1. The van der Waals surface area contributed by atoms with Crippen molar-refractivity contribution in [2.45, 2.75) is 13.0 Å². The van der Waals surface area contributed by atoms with Gasteiger partial charge in [-0.25, -0.2) is 9.67 Å². The third-order valence-electron chi connectivity index (χ3n) is 5.37. The minimum atomic E-state index is -0.589. The number of halogens is 1. The first-order chi connectivity index (χ1) is 15.6. The highest BCUT2D eigenvalue weighted by atomic mass is 35.5. The third kappa shape index (κ3) is 3.78. The highest BCUT2D eigenvalue weighted by molar-refractivity contribution is 6.30. The fourth-order valence-electron chi connectivity index (χ4n) is 3.87. The first kappa shape index (κ1) is 20.1. The van der Waals surface area contributed by atoms with E-state index in [2.05, 4.69) is 20.3 Å². The summed E-state index contributed by atoms with van der Waals surface area (Å²) in [6.45, 7) is 1.84. The lowest BCUT2D eigenvalue weighted by molar-refractivity contribution is -0.118. The van der Waals surface area contributed by atoms with Gasteiger partial charge in [-0.1, -0.05) is 54.1 Å². The third-order valence-corrected chi connectivity index (χ3v) is 5.63. The number of benzene rings is 2. The largest absolute Gasteiger partial charge is 0.324 e. The summed E-state index contributed by atoms with van der Waals surface area (Å²) < 4.78 is 1.73. The van der Waals surface area contributed by atoms with Gasteiger partial charge < -0.3 is 5.32 Å². The normalized spacial score (nSPS) is 17.4. The van der Waals surface area contributed by atoms with Crippen LogP contribution < -0.4 is 5.32 Å². The van der Waals surface area contributed by atoms with Crippen LogP contribution in [0.5, 0.6) is 0 Å². The van der Waals surface area contributed by atoms with Gasteiger partial charge in [-0.3, -0.25) is 9.78 Å². The highest BCUT2D eigenvalue weighted by Crippen LogP contribution is 2.37. The van der Waals surface area contributed by atoms with Crippen molar-refractivity contribution < 1.29 is 4.79 Å². The molecule has 3 heterocycles. The van der Waals surface area contributed by atoms with Crippen molar-refractivity contribution in [2.24, 2.45) is 10.9 Å². The molecule has 0 saturated heterocycles. The summed E-state index contributed by atoms with van der Waals surface area (Å²) in [5.74, 6) is 0.243. The second kappa shape index (κ2) is 8.36. The average Bonchev–Trinajstić information content (AvgIpc) is 3.23. The van der Waals surface area contributed by atoms with E-state index in [0.29, 0.717) is 28.2 Å². The molecule has 1 amide bonds. The zero-order valence-corrected chi connectivity index (χ0v) is 17.9. The minimum absolute atomic E-state index is 0.193. The van der Waals surface area contributed by atoms with Gasteiger partial charge in [0.25, 0.3) is 0 Å². The molecule has 32 heavy (non-hydrogen) atoms. The molecule has 2 atom stereocenters. The van der Waals surface area contributed by atoms with Crippen LogP contribution in [-0.4, -0.2) is 31.4 Å². The molecule has 7 nitrogen and oxygen atoms in total. The number of carbonyl (C=O) groups excluding carboxylic acids is 1. The molecule has 1 aliphatic heterocycles. The van der Waals surface area contributed by atoms with E-state index in [4.69, 9.17) is 16.7 Å². The van der Waals surface area contributed by atoms with Gasteiger partial charge in [0.2, 0.25) is 11.9 Å². The number of aliphatic imine (C=N–C) groups is 1. The zero-order valence-electron chi connectivity index (χ0n) is 17.2. The molecule has 0 aliphatic carbocycles. The number of rotatable bonds is 4. The van der Waals surface area contributed by atoms with Crippen molar-refractivity contribution in [3.05, 3.63) is 89.7 Å². The number of fused-ring (bicyclic) bond motifs is 1. The van der Waals surface area contributed by atoms with E-state index in [1.807, 2.05) is 61.5 Å². The number of amides is 1. The van der Waals surface area contributed by atoms with Gasteiger partial charge in [0.1, 0.15) is 5.92 Å². The Hall–Kier alpha value is -3.84. The second-order valence-electron chi connectivity index (χ2n) is 7.50. The summed E-state index contributed by atoms with van der Waals surface area (Å²) in [4.78, 5) is 26.8. The summed E-state index contributed by atoms with van der Waals surface area (Å²) in [5, 5.41) is 8.32. The second-order valence-corrected chi connectivity index (χ2v) is 7.94. The SMILES string of the molecule is CC1=Nc2nc(-c3ccccc3)nn2C(c2ccc(Cl)cc2)C1C(=O)Nc1cccnc1. The van der Waals surface area contributed by atoms with Gasteiger partial charge in [-0.05, 0) is 36.8 Å². The van der Waals surface area contributed by atoms with Crippen molar-refractivity contribution in [1.29, 1.82) is 0 Å². The van der Waals surface area contributed by atoms with Gasteiger partial charge in [-0.2, -0.15) is 4.98 Å². The number of nitrogens with zero attached hydrogens (tertiary/aromatic N) is 5. The van der Waals surface area contributed by atoms with Crippen LogP contribution in [0.25, 0.3) is 11.4 Å². The lowest BCUT2D eigenvalue weighted by atomic mass is 9.87. The van der Waals surface area contributed by atoms with E-state index in [0.717, 1.165) is 11.1 Å². The Balaban J connectivity index is 1.60. The van der Waals surface area contributed by atoms with E-state index < -0.39 is 12.0 Å². The van der Waals surface area contributed by atoms with Crippen LogP contribution in [0.4, 0.5) is 11.6 Å². The van der Waals surface area contributed by atoms with E-state index in [9.17, 15) is 4.79 Å². The lowest BCUT2D eigenvalue weighted by Crippen LogP contribution is -2.39. The van der Waals surface area contributed by atoms with Crippen LogP contribution in [0, 0.1) is 5.92 Å². The molecule has 4 aromatic rings. The van der Waals surface area contributed by atoms with E-state index in [-0.39, 0.29) is 5.91 Å². The van der Waals surface area contributed by atoms with E-state index >= 15 is 0 Å². The van der Waals surface area contributed by atoms with Gasteiger partial charge >= 0.3 is 0 Å². The Labute approximate surface area is 189 Å². The van der Waals surface area contributed by atoms with Crippen LogP contribution in [-0.2, 0) is 4.79 Å². The molecule has 2 aromatic heterocycles. The molecular formula is C24H19ClN6O. The quantitative estimate of drug-likeness (QED) is 0.485. The monoisotopic (exact) mass is 442 g/mol. The molecule has 2 unspecified atom stereocenters. The van der Waals surface area contributed by atoms with Crippen molar-refractivity contribution in [2.75, 3.05) is 5.32 Å². The number of carbonyl (C=O) groups is 1. The molecule has 0 fully saturated rings. The Kier molecular flexibility index (Phi) is 5.25. The summed E-state index contributed by atoms with van der Waals surface area (Å²) in [5.41, 5.74) is 3.05. The fourth-order valence-corrected chi connectivity index (χ4v) is 3.99. The molecule has 0 saturated carbocycles. The van der Waals surface area contributed by atoms with E-state index in [1.165, 1.54) is 0 Å². The molecular weight excluding hydrogens is 424 g/mol. The van der Waals surface area contributed by atoms with Crippen LogP contribution >= 0.6 is 11.6 Å². The number of pyridine rings is 1. The van der Waals surface area contributed by atoms with Crippen LogP contribution in [0.15, 0.2) is 84.1 Å². The summed E-state index contributed by atoms with van der Waals surface area (Å²) >= 11 is 6.13. The summed E-state index contributed by atoms with van der Waals surface area (Å²) in [6, 6.07) is 20.3. The maximum atomic E-state index is 13.4. The number of aromatic nitrogens is 4. The fraction of sp³-hybridized carbons (Fsp3) is 0.125. The van der Waals surface area contributed by atoms with Crippen molar-refractivity contribution in [3.63, 3.8) is 0 Å². The molecule has 0 bridgehead atoms. The van der Waals surface area contributed by atoms with Gasteiger partial charge in [-0.15, -0.1) is 5.10 Å². The van der Waals surface area contributed by atoms with Crippen LogP contribution in [0.2, 0.25) is 5.02 Å². The summed E-state index contributed by atoms with van der Waals surface area (Å²) in [6.07, 6.45) is 3.27. The molecule has 8 heteroatoms. The van der Waals surface area contributed by atoms with Crippen molar-refractivity contribution >= 4 is 34.9 Å². The average molecular weight is 443 g/mol. The maximum absolute atomic E-state index is 13.4. The number of hydrogen-bond donors (Lipinski definition) is 1. The van der Waals surface area contributed by atoms with Gasteiger partial charge in [0.15, 0.2) is 5.82 Å². The standard InChI is InChI=1S/C24H19ClN6O/c1-15-20(23(32)28-19-8-5-13-26-14-19)21(16-9-11-18(25)12-10-16)31-24(27-15)29-22(30-31)17-6-3-2-4-7-17/h2-14,20-21H,1H3,(H,28,32). The molecule has 5 rings (SSSR count). The predicted octanol–water partition coefficient (Wildman–Crippen LogP) is 4.94. The Bertz CT molecular complexity index is 1290. The number of hydrogen-bond acceptors (Lipinski definition) is 5. The molecule has 1 aliphatic rings. The van der Waals surface area contributed by atoms with Gasteiger partial charge in [0, 0.05) is 22.5 Å². The lowest BCUT2D eigenvalue weighted by Gasteiger charge is -2.30. The first-order valence-corrected chi connectivity index (χ1v) is 10.5. The van der Waals surface area contributed by atoms with Crippen molar-refractivity contribution in [1.82, 2.24) is 19.7 Å². The Morgan fingerprint density at radius 3 is 2.53 bits per heavy atom. The summed E-state index contributed by atoms with van der Waals surface area (Å²) in [7, 11) is 0. The molecule has 2 aromatic carbocycles. The minimum Gasteiger partial charge on any atom is -0.324 e.